The fourth-order valence-electron chi connectivity index (χ4n) is 1.16. The van der Waals surface area contributed by atoms with Crippen molar-refractivity contribution in [2.45, 2.75) is 6.92 Å². The molecule has 0 aliphatic carbocycles. The lowest BCUT2D eigenvalue weighted by Crippen LogP contribution is -2.31. The summed E-state index contributed by atoms with van der Waals surface area (Å²) < 4.78 is 5.02. The van der Waals surface area contributed by atoms with E-state index >= 15 is 0 Å². The fraction of sp³-hybridized carbons (Fsp3) is 0.250. The highest BCUT2D eigenvalue weighted by molar-refractivity contribution is 6.59. The van der Waals surface area contributed by atoms with Gasteiger partial charge in [-0.1, -0.05) is 18.2 Å². The maximum atomic E-state index is 8.94. The van der Waals surface area contributed by atoms with E-state index < -0.39 is 7.12 Å². The van der Waals surface area contributed by atoms with Gasteiger partial charge in [0.15, 0.2) is 0 Å². The zero-order chi connectivity index (χ0) is 9.14. The van der Waals surface area contributed by atoms with Gasteiger partial charge in [0.2, 0.25) is 0 Å². The second-order valence-electron chi connectivity index (χ2n) is 2.57. The minimum absolute atomic E-state index is 0.400. The summed E-state index contributed by atoms with van der Waals surface area (Å²) in [6.45, 7) is 1.85. The molecule has 1 aromatic carbocycles. The number of methoxy groups -OCH3 is 1. The topological polar surface area (TPSA) is 49.7 Å². The van der Waals surface area contributed by atoms with E-state index in [1.165, 1.54) is 7.11 Å². The number of rotatable bonds is 2. The molecule has 0 bridgehead atoms. The van der Waals surface area contributed by atoms with Crippen LogP contribution >= 0.6 is 0 Å². The van der Waals surface area contributed by atoms with Gasteiger partial charge in [-0.05, 0) is 12.5 Å². The summed E-state index contributed by atoms with van der Waals surface area (Å²) in [4.78, 5) is 0. The van der Waals surface area contributed by atoms with E-state index in [-0.39, 0.29) is 0 Å². The molecule has 3 nitrogen and oxygen atoms in total. The Morgan fingerprint density at radius 3 is 2.42 bits per heavy atom. The van der Waals surface area contributed by atoms with Gasteiger partial charge in [-0.15, -0.1) is 0 Å². The molecule has 2 N–H and O–H groups in total. The molecule has 0 aliphatic rings. The Morgan fingerprint density at radius 2 is 2.00 bits per heavy atom. The molecule has 0 aromatic heterocycles. The van der Waals surface area contributed by atoms with Crippen LogP contribution in [0, 0.1) is 6.92 Å². The van der Waals surface area contributed by atoms with Crippen LogP contribution in [-0.4, -0.2) is 24.3 Å². The number of aryl methyl sites for hydroxylation is 1. The smallest absolute Gasteiger partial charge is 0.492 e. The maximum Gasteiger partial charge on any atom is 0.492 e. The highest BCUT2D eigenvalue weighted by atomic mass is 16.5. The Labute approximate surface area is 71.8 Å². The minimum Gasteiger partial charge on any atom is -0.497 e. The van der Waals surface area contributed by atoms with E-state index in [4.69, 9.17) is 14.8 Å². The monoisotopic (exact) mass is 166 g/mol. The lowest BCUT2D eigenvalue weighted by molar-refractivity contribution is 0.401. The van der Waals surface area contributed by atoms with Crippen molar-refractivity contribution >= 4 is 12.6 Å². The van der Waals surface area contributed by atoms with Gasteiger partial charge < -0.3 is 14.8 Å². The van der Waals surface area contributed by atoms with Gasteiger partial charge in [0.1, 0.15) is 5.75 Å². The molecule has 0 atom stereocenters. The second-order valence-corrected chi connectivity index (χ2v) is 2.57. The molecule has 1 rings (SSSR count). The largest absolute Gasteiger partial charge is 0.497 e. The van der Waals surface area contributed by atoms with Crippen molar-refractivity contribution in [3.8, 4) is 5.75 Å². The van der Waals surface area contributed by atoms with E-state index in [0.717, 1.165) is 5.56 Å². The molecule has 0 fully saturated rings. The summed E-state index contributed by atoms with van der Waals surface area (Å²) in [6, 6.07) is 5.23. The Morgan fingerprint density at radius 1 is 1.33 bits per heavy atom. The van der Waals surface area contributed by atoms with Crippen LogP contribution in [0.15, 0.2) is 18.2 Å². The number of ether oxygens (including phenoxy) is 1. The summed E-state index contributed by atoms with van der Waals surface area (Å²) in [5.74, 6) is 0.535. The first-order valence-electron chi connectivity index (χ1n) is 3.66. The fourth-order valence-corrected chi connectivity index (χ4v) is 1.16. The van der Waals surface area contributed by atoms with Crippen LogP contribution in [0.4, 0.5) is 0 Å². The molecule has 1 aromatic rings. The van der Waals surface area contributed by atoms with Crippen molar-refractivity contribution in [1.29, 1.82) is 0 Å². The summed E-state index contributed by atoms with van der Waals surface area (Å²) in [5, 5.41) is 17.9. The zero-order valence-corrected chi connectivity index (χ0v) is 7.11. The van der Waals surface area contributed by atoms with Crippen molar-refractivity contribution in [3.63, 3.8) is 0 Å². The summed E-state index contributed by atoms with van der Waals surface area (Å²) in [7, 11) is 0.0358. The zero-order valence-electron chi connectivity index (χ0n) is 7.11. The molecule has 0 heterocycles. The Kier molecular flexibility index (Phi) is 2.73. The summed E-state index contributed by atoms with van der Waals surface area (Å²) >= 11 is 0. The SMILES string of the molecule is COc1c(C)cccc1B(O)O. The van der Waals surface area contributed by atoms with E-state index in [9.17, 15) is 0 Å². The molecule has 0 aliphatic heterocycles. The first kappa shape index (κ1) is 9.10. The first-order chi connectivity index (χ1) is 5.66. The summed E-state index contributed by atoms with van der Waals surface area (Å²) in [5.41, 5.74) is 1.29. The lowest BCUT2D eigenvalue weighted by Gasteiger charge is -2.09. The average molecular weight is 166 g/mol. The molecule has 0 radical (unpaired) electrons. The minimum atomic E-state index is -1.47. The molecule has 12 heavy (non-hydrogen) atoms. The molecule has 0 spiro atoms. The van der Waals surface area contributed by atoms with Crippen LogP contribution in [0.3, 0.4) is 0 Å². The third-order valence-corrected chi connectivity index (χ3v) is 1.72. The Bertz CT molecular complexity index is 273. The van der Waals surface area contributed by atoms with Gasteiger partial charge in [0.25, 0.3) is 0 Å². The predicted octanol–water partition coefficient (Wildman–Crippen LogP) is -0.317. The Balaban J connectivity index is 3.18. The van der Waals surface area contributed by atoms with E-state index in [2.05, 4.69) is 0 Å². The maximum absolute atomic E-state index is 8.94. The molecule has 0 saturated carbocycles. The third kappa shape index (κ3) is 1.60. The molecular formula is C8H11BO3. The molecule has 0 amide bonds. The van der Waals surface area contributed by atoms with Gasteiger partial charge in [0, 0.05) is 5.46 Å². The standard InChI is InChI=1S/C8H11BO3/c1-6-4-3-5-7(9(10)11)8(6)12-2/h3-5,10-11H,1-2H3. The molecule has 64 valence electrons. The lowest BCUT2D eigenvalue weighted by atomic mass is 9.79. The number of hydrogen-bond acceptors (Lipinski definition) is 3. The van der Waals surface area contributed by atoms with Crippen molar-refractivity contribution < 1.29 is 14.8 Å². The number of hydrogen-bond donors (Lipinski definition) is 2. The van der Waals surface area contributed by atoms with Crippen molar-refractivity contribution in [1.82, 2.24) is 0 Å². The number of benzene rings is 1. The highest BCUT2D eigenvalue weighted by Crippen LogP contribution is 2.13. The first-order valence-corrected chi connectivity index (χ1v) is 3.66. The van der Waals surface area contributed by atoms with E-state index in [1.54, 1.807) is 12.1 Å². The van der Waals surface area contributed by atoms with Gasteiger partial charge in [-0.3, -0.25) is 0 Å². The highest BCUT2D eigenvalue weighted by Gasteiger charge is 2.17. The molecular weight excluding hydrogens is 155 g/mol. The van der Waals surface area contributed by atoms with E-state index in [1.807, 2.05) is 13.0 Å². The van der Waals surface area contributed by atoms with Gasteiger partial charge in [-0.25, -0.2) is 0 Å². The van der Waals surface area contributed by atoms with Crippen LogP contribution < -0.4 is 10.2 Å². The summed E-state index contributed by atoms with van der Waals surface area (Å²) in [6.07, 6.45) is 0. The molecule has 0 unspecified atom stereocenters. The quantitative estimate of drug-likeness (QED) is 0.592. The molecule has 4 heteroatoms. The van der Waals surface area contributed by atoms with Crippen LogP contribution in [0.1, 0.15) is 5.56 Å². The van der Waals surface area contributed by atoms with Crippen molar-refractivity contribution in [2.75, 3.05) is 7.11 Å². The molecule has 0 saturated heterocycles. The van der Waals surface area contributed by atoms with Crippen LogP contribution in [0.25, 0.3) is 0 Å². The van der Waals surface area contributed by atoms with Crippen LogP contribution in [0.2, 0.25) is 0 Å². The Hall–Kier alpha value is -0.995. The number of para-hydroxylation sites is 1. The van der Waals surface area contributed by atoms with Crippen LogP contribution in [-0.2, 0) is 0 Å². The van der Waals surface area contributed by atoms with Crippen molar-refractivity contribution in [2.24, 2.45) is 0 Å². The van der Waals surface area contributed by atoms with E-state index in [0.29, 0.717) is 11.2 Å². The van der Waals surface area contributed by atoms with Gasteiger partial charge >= 0.3 is 7.12 Å². The van der Waals surface area contributed by atoms with Crippen LogP contribution in [0.5, 0.6) is 5.75 Å². The third-order valence-electron chi connectivity index (χ3n) is 1.72. The van der Waals surface area contributed by atoms with Gasteiger partial charge in [-0.2, -0.15) is 0 Å². The predicted molar refractivity (Wildman–Crippen MR) is 47.6 cm³/mol. The van der Waals surface area contributed by atoms with Gasteiger partial charge in [0.05, 0.1) is 7.11 Å². The second kappa shape index (κ2) is 3.60. The average Bonchev–Trinajstić information content (AvgIpc) is 2.03. The normalized spacial score (nSPS) is 9.67. The van der Waals surface area contributed by atoms with Crippen molar-refractivity contribution in [3.05, 3.63) is 23.8 Å².